The lowest BCUT2D eigenvalue weighted by Crippen LogP contribution is -2.12. The van der Waals surface area contributed by atoms with Gasteiger partial charge in [-0.2, -0.15) is 0 Å². The predicted molar refractivity (Wildman–Crippen MR) is 138 cm³/mol. The van der Waals surface area contributed by atoms with E-state index in [0.29, 0.717) is 0 Å². The average Bonchev–Trinajstić information content (AvgIpc) is 3.11. The molecule has 0 saturated carbocycles. The van der Waals surface area contributed by atoms with Crippen molar-refractivity contribution in [1.29, 1.82) is 0 Å². The predicted octanol–water partition coefficient (Wildman–Crippen LogP) is 7.95. The van der Waals surface area contributed by atoms with Crippen LogP contribution in [0.1, 0.15) is 52.7 Å². The van der Waals surface area contributed by atoms with E-state index in [0.717, 1.165) is 27.9 Å². The first-order valence-corrected chi connectivity index (χ1v) is 12.0. The van der Waals surface area contributed by atoms with Crippen molar-refractivity contribution in [3.63, 3.8) is 0 Å². The molecular formula is C28H29N3S. The SMILES string of the molecule is CC(C)(C)Cc1cccc2sc3c(-c4cc(C(C)(C)C)c5ccccc5c4)nnnc3c12. The molecule has 0 atom stereocenters. The van der Waals surface area contributed by atoms with E-state index < -0.39 is 0 Å². The standard InChI is InChI=1S/C28H29N3S/c1-27(2,3)16-18-11-9-13-22-23(18)25-26(32-22)24(29-31-30-25)19-14-17-10-7-8-12-20(17)21(15-19)28(4,5)6/h7-15H,16H2,1-6H3. The lowest BCUT2D eigenvalue weighted by molar-refractivity contribution is 0.413. The summed E-state index contributed by atoms with van der Waals surface area (Å²) in [6.07, 6.45) is 1.000. The number of hydrogen-bond donors (Lipinski definition) is 0. The average molecular weight is 440 g/mol. The maximum atomic E-state index is 4.56. The second-order valence-electron chi connectivity index (χ2n) is 10.9. The van der Waals surface area contributed by atoms with Crippen LogP contribution >= 0.6 is 11.3 Å². The van der Waals surface area contributed by atoms with Crippen LogP contribution in [-0.2, 0) is 11.8 Å². The maximum Gasteiger partial charge on any atom is 0.116 e. The van der Waals surface area contributed by atoms with Gasteiger partial charge < -0.3 is 0 Å². The van der Waals surface area contributed by atoms with Crippen LogP contribution in [0.4, 0.5) is 0 Å². The molecule has 162 valence electrons. The molecule has 5 aromatic rings. The van der Waals surface area contributed by atoms with Gasteiger partial charge in [0.2, 0.25) is 0 Å². The summed E-state index contributed by atoms with van der Waals surface area (Å²) in [5.41, 5.74) is 5.89. The van der Waals surface area contributed by atoms with Crippen molar-refractivity contribution in [1.82, 2.24) is 15.4 Å². The number of fused-ring (bicyclic) bond motifs is 4. The zero-order chi connectivity index (χ0) is 22.7. The molecule has 0 N–H and O–H groups in total. The van der Waals surface area contributed by atoms with Crippen molar-refractivity contribution >= 4 is 42.4 Å². The Kier molecular flexibility index (Phi) is 4.82. The molecule has 0 saturated heterocycles. The second kappa shape index (κ2) is 7.35. The Hall–Kier alpha value is -2.85. The number of rotatable bonds is 2. The molecular weight excluding hydrogens is 410 g/mol. The smallest absolute Gasteiger partial charge is 0.116 e. The monoisotopic (exact) mass is 439 g/mol. The molecule has 32 heavy (non-hydrogen) atoms. The van der Waals surface area contributed by atoms with Crippen LogP contribution < -0.4 is 0 Å². The summed E-state index contributed by atoms with van der Waals surface area (Å²) in [6.45, 7) is 13.6. The molecule has 0 aliphatic carbocycles. The first-order valence-electron chi connectivity index (χ1n) is 11.2. The van der Waals surface area contributed by atoms with Crippen molar-refractivity contribution in [2.75, 3.05) is 0 Å². The molecule has 5 rings (SSSR count). The molecule has 0 spiro atoms. The van der Waals surface area contributed by atoms with Crippen LogP contribution in [0, 0.1) is 5.41 Å². The van der Waals surface area contributed by atoms with Gasteiger partial charge >= 0.3 is 0 Å². The van der Waals surface area contributed by atoms with Crippen LogP contribution in [0.3, 0.4) is 0 Å². The zero-order valence-electron chi connectivity index (χ0n) is 19.7. The Morgan fingerprint density at radius 1 is 0.844 bits per heavy atom. The van der Waals surface area contributed by atoms with E-state index in [1.54, 1.807) is 11.3 Å². The Bertz CT molecular complexity index is 1470. The third-order valence-corrected chi connectivity index (χ3v) is 7.10. The number of nitrogens with zero attached hydrogens (tertiary/aromatic N) is 3. The molecule has 3 nitrogen and oxygen atoms in total. The third-order valence-electron chi connectivity index (χ3n) is 5.94. The summed E-state index contributed by atoms with van der Waals surface area (Å²) in [7, 11) is 0. The van der Waals surface area contributed by atoms with E-state index in [2.05, 4.69) is 112 Å². The number of benzene rings is 3. The molecule has 3 aromatic carbocycles. The zero-order valence-corrected chi connectivity index (χ0v) is 20.5. The highest BCUT2D eigenvalue weighted by molar-refractivity contribution is 7.26. The van der Waals surface area contributed by atoms with Gasteiger partial charge in [-0.3, -0.25) is 0 Å². The van der Waals surface area contributed by atoms with Gasteiger partial charge in [0.25, 0.3) is 0 Å². The molecule has 0 bridgehead atoms. The van der Waals surface area contributed by atoms with Crippen molar-refractivity contribution in [2.24, 2.45) is 5.41 Å². The fraction of sp³-hybridized carbons (Fsp3) is 0.321. The molecule has 0 amide bonds. The van der Waals surface area contributed by atoms with Crippen molar-refractivity contribution in [3.8, 4) is 11.3 Å². The molecule has 0 radical (unpaired) electrons. The summed E-state index contributed by atoms with van der Waals surface area (Å²) >= 11 is 1.78. The van der Waals surface area contributed by atoms with Gasteiger partial charge in [-0.15, -0.1) is 21.5 Å². The van der Waals surface area contributed by atoms with E-state index in [9.17, 15) is 0 Å². The van der Waals surface area contributed by atoms with Gasteiger partial charge in [-0.1, -0.05) is 77.9 Å². The van der Waals surface area contributed by atoms with Crippen molar-refractivity contribution in [2.45, 2.75) is 53.4 Å². The van der Waals surface area contributed by atoms with Crippen molar-refractivity contribution < 1.29 is 0 Å². The van der Waals surface area contributed by atoms with Gasteiger partial charge in [-0.25, -0.2) is 0 Å². The van der Waals surface area contributed by atoms with Gasteiger partial charge in [0.1, 0.15) is 11.2 Å². The first-order chi connectivity index (χ1) is 15.1. The second-order valence-corrected chi connectivity index (χ2v) is 12.0. The van der Waals surface area contributed by atoms with Crippen LogP contribution in [0.5, 0.6) is 0 Å². The van der Waals surface area contributed by atoms with Gasteiger partial charge in [0, 0.05) is 15.6 Å². The van der Waals surface area contributed by atoms with E-state index in [1.807, 2.05) is 0 Å². The largest absolute Gasteiger partial charge is 0.131 e. The molecule has 2 heterocycles. The molecule has 0 fully saturated rings. The van der Waals surface area contributed by atoms with Gasteiger partial charge in [-0.05, 0) is 62.6 Å². The minimum absolute atomic E-state index is 0.0230. The fourth-order valence-electron chi connectivity index (χ4n) is 4.59. The molecule has 0 aliphatic rings. The first kappa shape index (κ1) is 21.0. The van der Waals surface area contributed by atoms with Crippen LogP contribution in [0.25, 0.3) is 42.3 Å². The molecule has 4 heteroatoms. The minimum Gasteiger partial charge on any atom is -0.131 e. The van der Waals surface area contributed by atoms with Gasteiger partial charge in [0.15, 0.2) is 0 Å². The van der Waals surface area contributed by atoms with Crippen molar-refractivity contribution in [3.05, 3.63) is 65.7 Å². The highest BCUT2D eigenvalue weighted by Crippen LogP contribution is 2.42. The Morgan fingerprint density at radius 2 is 1.62 bits per heavy atom. The van der Waals surface area contributed by atoms with Gasteiger partial charge in [0.05, 0.1) is 4.70 Å². The lowest BCUT2D eigenvalue weighted by atomic mass is 9.82. The normalized spacial score (nSPS) is 12.8. The fourth-order valence-corrected chi connectivity index (χ4v) is 5.78. The summed E-state index contributed by atoms with van der Waals surface area (Å²) < 4.78 is 2.37. The lowest BCUT2D eigenvalue weighted by Gasteiger charge is -2.22. The van der Waals surface area contributed by atoms with E-state index in [4.69, 9.17) is 0 Å². The summed E-state index contributed by atoms with van der Waals surface area (Å²) in [4.78, 5) is 0. The Balaban J connectivity index is 1.80. The highest BCUT2D eigenvalue weighted by Gasteiger charge is 2.22. The quantitative estimate of drug-likeness (QED) is 0.280. The number of hydrogen-bond acceptors (Lipinski definition) is 4. The van der Waals surface area contributed by atoms with Crippen LogP contribution in [0.2, 0.25) is 0 Å². The molecule has 0 unspecified atom stereocenters. The Morgan fingerprint density at radius 3 is 2.38 bits per heavy atom. The van der Waals surface area contributed by atoms with E-state index >= 15 is 0 Å². The summed E-state index contributed by atoms with van der Waals surface area (Å²) in [5.74, 6) is 0. The summed E-state index contributed by atoms with van der Waals surface area (Å²) in [5, 5.41) is 17.1. The third kappa shape index (κ3) is 3.67. The molecule has 0 aliphatic heterocycles. The number of aromatic nitrogens is 3. The van der Waals surface area contributed by atoms with Crippen LogP contribution in [0.15, 0.2) is 54.6 Å². The molecule has 2 aromatic heterocycles. The highest BCUT2D eigenvalue weighted by atomic mass is 32.1. The summed E-state index contributed by atoms with van der Waals surface area (Å²) in [6, 6.07) is 19.7. The minimum atomic E-state index is 0.0230. The number of thiophene rings is 1. The van der Waals surface area contributed by atoms with E-state index in [1.165, 1.54) is 32.0 Å². The Labute approximate surface area is 193 Å². The van der Waals surface area contributed by atoms with E-state index in [-0.39, 0.29) is 10.8 Å². The topological polar surface area (TPSA) is 38.7 Å². The maximum absolute atomic E-state index is 4.56. The van der Waals surface area contributed by atoms with Crippen LogP contribution in [-0.4, -0.2) is 15.4 Å².